The maximum atomic E-state index is 10.1. The summed E-state index contributed by atoms with van der Waals surface area (Å²) in [5.74, 6) is 3.20. The van der Waals surface area contributed by atoms with Crippen molar-refractivity contribution < 1.29 is 22.8 Å². The van der Waals surface area contributed by atoms with Gasteiger partial charge in [0.2, 0.25) is 0 Å². The number of carbonyl (C=O) groups is 1. The van der Waals surface area contributed by atoms with Crippen molar-refractivity contribution >= 4 is 28.4 Å². The summed E-state index contributed by atoms with van der Waals surface area (Å²) in [5.41, 5.74) is 4.63. The average molecular weight is 260 g/mol. The van der Waals surface area contributed by atoms with Crippen molar-refractivity contribution in [3.8, 4) is 0 Å². The summed E-state index contributed by atoms with van der Waals surface area (Å²) in [4.78, 5) is 29.6. The zero-order chi connectivity index (χ0) is 13.3. The van der Waals surface area contributed by atoms with Gasteiger partial charge in [-0.15, -0.1) is 0 Å². The summed E-state index contributed by atoms with van der Waals surface area (Å²) in [6.45, 7) is 1.27. The van der Waals surface area contributed by atoms with Crippen molar-refractivity contribution in [3.05, 3.63) is 11.4 Å². The fourth-order valence-electron chi connectivity index (χ4n) is 0.799. The Balaban J connectivity index is 0.000000325. The number of carbonyl (C=O) groups excluding carboxylic acids is 3. The zero-order valence-corrected chi connectivity index (χ0v) is 9.20. The summed E-state index contributed by atoms with van der Waals surface area (Å²) in [7, 11) is -2.70. The lowest BCUT2D eigenvalue weighted by molar-refractivity contribution is 0.257. The van der Waals surface area contributed by atoms with E-state index in [2.05, 4.69) is 20.7 Å². The van der Waals surface area contributed by atoms with Crippen LogP contribution < -0.4 is 16.4 Å². The van der Waals surface area contributed by atoms with Gasteiger partial charge >= 0.3 is 16.5 Å². The minimum Gasteiger partial charge on any atom is -0.372 e. The molecule has 0 saturated carbocycles. The number of nitrogens with two attached hydrogens (primary N) is 1. The molecule has 1 heterocycles. The lowest BCUT2D eigenvalue weighted by Crippen LogP contribution is -2.37. The molecule has 1 aliphatic rings. The van der Waals surface area contributed by atoms with E-state index in [0.717, 1.165) is 0 Å². The lowest BCUT2D eigenvalue weighted by atomic mass is 10.3. The number of hydrogen-bond donors (Lipinski definition) is 3. The molecule has 9 nitrogen and oxygen atoms in total. The molecule has 4 N–H and O–H groups in total. The summed E-state index contributed by atoms with van der Waals surface area (Å²) in [6.07, 6.45) is 0. The molecular weight excluding hydrogens is 252 g/mol. The van der Waals surface area contributed by atoms with Crippen LogP contribution in [0.3, 0.4) is 0 Å². The van der Waals surface area contributed by atoms with E-state index < -0.39 is 16.5 Å². The van der Waals surface area contributed by atoms with Gasteiger partial charge in [0.15, 0.2) is 23.3 Å². The quantitative estimate of drug-likeness (QED) is 0.416. The van der Waals surface area contributed by atoms with E-state index in [4.69, 9.17) is 0 Å². The van der Waals surface area contributed by atoms with Crippen molar-refractivity contribution in [1.29, 1.82) is 0 Å². The largest absolute Gasteiger partial charge is 0.372 e. The minimum absolute atomic E-state index is 0.168. The number of nitrogens with zero attached hydrogens (tertiary/aromatic N) is 1. The Labute approximate surface area is 97.1 Å². The Hall–Kier alpha value is -2.41. The molecule has 1 saturated heterocycles. The molecule has 10 heteroatoms. The molecule has 2 amide bonds. The maximum absolute atomic E-state index is 10.1. The van der Waals surface area contributed by atoms with Crippen LogP contribution in [0, 0.1) is 0 Å². The van der Waals surface area contributed by atoms with E-state index >= 15 is 0 Å². The lowest BCUT2D eigenvalue weighted by Gasteiger charge is -2.15. The van der Waals surface area contributed by atoms with Crippen LogP contribution in [0.25, 0.3) is 0 Å². The van der Waals surface area contributed by atoms with Gasteiger partial charge in [0.1, 0.15) is 0 Å². The van der Waals surface area contributed by atoms with Gasteiger partial charge in [0, 0.05) is 13.1 Å². The van der Waals surface area contributed by atoms with E-state index in [0.29, 0.717) is 13.1 Å². The SMILES string of the molecule is NC(=O)N=S(=O)=O.O=C=C1NCCNC1=C=O. The number of rotatable bonds is 0. The number of hydrogen-bond acceptors (Lipinski definition) is 7. The highest BCUT2D eigenvalue weighted by atomic mass is 32.2. The predicted octanol–water partition coefficient (Wildman–Crippen LogP) is -2.26. The number of amides is 2. The topological polar surface area (TPSA) is 148 Å². The minimum atomic E-state index is -2.70. The molecule has 0 aromatic heterocycles. The summed E-state index contributed by atoms with van der Waals surface area (Å²) >= 11 is 0. The molecule has 0 unspecified atom stereocenters. The van der Waals surface area contributed by atoms with Gasteiger partial charge in [-0.3, -0.25) is 0 Å². The Morgan fingerprint density at radius 3 is 1.76 bits per heavy atom. The Kier molecular flexibility index (Phi) is 6.72. The van der Waals surface area contributed by atoms with E-state index in [1.807, 2.05) is 0 Å². The molecule has 0 radical (unpaired) electrons. The van der Waals surface area contributed by atoms with Gasteiger partial charge in [-0.05, 0) is 0 Å². The monoisotopic (exact) mass is 260 g/mol. The predicted molar refractivity (Wildman–Crippen MR) is 55.3 cm³/mol. The van der Waals surface area contributed by atoms with Gasteiger partial charge in [-0.2, -0.15) is 8.42 Å². The van der Waals surface area contributed by atoms with Gasteiger partial charge in [0.05, 0.1) is 0 Å². The standard InChI is InChI=1S/C6H6N2O2.CH2N2O3S/c9-3-5-6(4-10)8-2-1-7-5;2-1(4)3-7(5)6/h7-8H,1-2H2;(H2,2,4). The molecule has 0 bridgehead atoms. The number of primary amides is 1. The smallest absolute Gasteiger partial charge is 0.353 e. The highest BCUT2D eigenvalue weighted by molar-refractivity contribution is 7.62. The van der Waals surface area contributed by atoms with Crippen LogP contribution in [0.2, 0.25) is 0 Å². The van der Waals surface area contributed by atoms with Gasteiger partial charge in [0.25, 0.3) is 0 Å². The summed E-state index contributed by atoms with van der Waals surface area (Å²) < 4.78 is 21.0. The molecule has 0 aliphatic carbocycles. The highest BCUT2D eigenvalue weighted by Crippen LogP contribution is 1.96. The Morgan fingerprint density at radius 1 is 1.18 bits per heavy atom. The molecule has 1 rings (SSSR count). The molecular formula is C7H8N4O5S. The fraction of sp³-hybridized carbons (Fsp3) is 0.286. The third-order valence-corrected chi connectivity index (χ3v) is 1.68. The van der Waals surface area contributed by atoms with Crippen molar-refractivity contribution in [1.82, 2.24) is 10.6 Å². The Bertz CT molecular complexity index is 490. The highest BCUT2D eigenvalue weighted by Gasteiger charge is 2.10. The van der Waals surface area contributed by atoms with Crippen molar-refractivity contribution in [2.75, 3.05) is 13.1 Å². The van der Waals surface area contributed by atoms with Crippen LogP contribution in [0.1, 0.15) is 0 Å². The first kappa shape index (κ1) is 14.6. The van der Waals surface area contributed by atoms with Crippen LogP contribution in [-0.4, -0.2) is 39.4 Å². The molecule has 92 valence electrons. The van der Waals surface area contributed by atoms with Gasteiger partial charge < -0.3 is 16.4 Å². The van der Waals surface area contributed by atoms with E-state index in [1.54, 1.807) is 11.9 Å². The molecule has 17 heavy (non-hydrogen) atoms. The van der Waals surface area contributed by atoms with Crippen LogP contribution >= 0.6 is 0 Å². The third kappa shape index (κ3) is 6.63. The van der Waals surface area contributed by atoms with E-state index in [9.17, 15) is 22.8 Å². The van der Waals surface area contributed by atoms with Crippen LogP contribution in [-0.2, 0) is 20.1 Å². The number of urea groups is 1. The van der Waals surface area contributed by atoms with Gasteiger partial charge in [-0.25, -0.2) is 14.4 Å². The molecule has 1 fully saturated rings. The normalized spacial score (nSPS) is 12.7. The summed E-state index contributed by atoms with van der Waals surface area (Å²) in [5, 5.41) is 5.40. The maximum Gasteiger partial charge on any atom is 0.353 e. The average Bonchev–Trinajstić information content (AvgIpc) is 2.28. The van der Waals surface area contributed by atoms with E-state index in [1.165, 1.54) is 0 Å². The first-order chi connectivity index (χ1) is 8.01. The van der Waals surface area contributed by atoms with Crippen LogP contribution in [0.15, 0.2) is 15.8 Å². The second-order valence-corrected chi connectivity index (χ2v) is 3.07. The Morgan fingerprint density at radius 2 is 1.59 bits per heavy atom. The second-order valence-electron chi connectivity index (χ2n) is 2.45. The molecule has 0 atom stereocenters. The van der Waals surface area contributed by atoms with E-state index in [-0.39, 0.29) is 11.4 Å². The second kappa shape index (κ2) is 7.83. The van der Waals surface area contributed by atoms with Gasteiger partial charge in [-0.1, -0.05) is 4.36 Å². The molecule has 0 aromatic carbocycles. The van der Waals surface area contributed by atoms with Crippen molar-refractivity contribution in [2.45, 2.75) is 0 Å². The molecule has 0 aromatic rings. The number of nitrogens with one attached hydrogen (secondary N) is 2. The first-order valence-corrected chi connectivity index (χ1v) is 5.13. The van der Waals surface area contributed by atoms with Crippen LogP contribution in [0.5, 0.6) is 0 Å². The summed E-state index contributed by atoms with van der Waals surface area (Å²) in [6, 6.07) is -1.20. The molecule has 0 spiro atoms. The van der Waals surface area contributed by atoms with Crippen LogP contribution in [0.4, 0.5) is 4.79 Å². The van der Waals surface area contributed by atoms with Crippen molar-refractivity contribution in [2.24, 2.45) is 10.1 Å². The number of piperazine rings is 1. The first-order valence-electron chi connectivity index (χ1n) is 4.10. The molecule has 1 aliphatic heterocycles. The fourth-order valence-corrected chi connectivity index (χ4v) is 0.946. The van der Waals surface area contributed by atoms with Crippen molar-refractivity contribution in [3.63, 3.8) is 0 Å². The zero-order valence-electron chi connectivity index (χ0n) is 8.39. The third-order valence-electron chi connectivity index (χ3n) is 1.35.